The average Bonchev–Trinajstić information content (AvgIpc) is 3.46. The molecule has 0 unspecified atom stereocenters. The van der Waals surface area contributed by atoms with E-state index in [0.717, 1.165) is 23.3 Å². The van der Waals surface area contributed by atoms with Gasteiger partial charge in [0.05, 0.1) is 18.8 Å². The standard InChI is InChI=1S/C29H25F7O4/c30-24-13-23(14-25(31)26(24)40-29(34,35)36)39-28(32,33)22-11-9-19(10-12-22)18-5-7-20(8-6-18)27-37-15-21(16-38-27)17-3-1-2-4-17/h5-14,17,21,27H,1-4,15-16H2. The summed E-state index contributed by atoms with van der Waals surface area (Å²) in [5.41, 5.74) is 1.56. The van der Waals surface area contributed by atoms with Crippen LogP contribution in [0.4, 0.5) is 30.7 Å². The quantitative estimate of drug-likeness (QED) is 0.267. The largest absolute Gasteiger partial charge is 0.573 e. The van der Waals surface area contributed by atoms with Gasteiger partial charge in [0.2, 0.25) is 5.75 Å². The van der Waals surface area contributed by atoms with Crippen molar-refractivity contribution in [3.8, 4) is 22.6 Å². The third kappa shape index (κ3) is 6.52. The van der Waals surface area contributed by atoms with Gasteiger partial charge in [0.15, 0.2) is 17.9 Å². The van der Waals surface area contributed by atoms with Crippen LogP contribution in [0.15, 0.2) is 60.7 Å². The molecule has 1 aliphatic heterocycles. The molecule has 0 atom stereocenters. The van der Waals surface area contributed by atoms with E-state index in [1.165, 1.54) is 37.8 Å². The second-order valence-electron chi connectivity index (χ2n) is 9.89. The lowest BCUT2D eigenvalue weighted by molar-refractivity contribution is -0.276. The van der Waals surface area contributed by atoms with Crippen LogP contribution in [0, 0.1) is 23.5 Å². The lowest BCUT2D eigenvalue weighted by Crippen LogP contribution is -2.31. The van der Waals surface area contributed by atoms with E-state index in [0.29, 0.717) is 30.6 Å². The highest BCUT2D eigenvalue weighted by molar-refractivity contribution is 5.64. The van der Waals surface area contributed by atoms with Gasteiger partial charge in [-0.1, -0.05) is 62.1 Å². The monoisotopic (exact) mass is 570 g/mol. The van der Waals surface area contributed by atoms with Crippen LogP contribution in [-0.4, -0.2) is 19.6 Å². The third-order valence-electron chi connectivity index (χ3n) is 7.16. The van der Waals surface area contributed by atoms with Gasteiger partial charge in [-0.15, -0.1) is 13.2 Å². The number of benzene rings is 3. The molecule has 0 radical (unpaired) electrons. The number of rotatable bonds is 7. The maximum Gasteiger partial charge on any atom is 0.573 e. The molecule has 0 aromatic heterocycles. The first-order chi connectivity index (χ1) is 19.0. The number of hydrogen-bond donors (Lipinski definition) is 0. The first-order valence-corrected chi connectivity index (χ1v) is 12.7. The Kier molecular flexibility index (Phi) is 7.96. The fourth-order valence-electron chi connectivity index (χ4n) is 5.12. The van der Waals surface area contributed by atoms with Gasteiger partial charge in [-0.25, -0.2) is 8.78 Å². The van der Waals surface area contributed by atoms with Crippen molar-refractivity contribution in [1.29, 1.82) is 0 Å². The van der Waals surface area contributed by atoms with E-state index in [9.17, 15) is 30.7 Å². The highest BCUT2D eigenvalue weighted by atomic mass is 19.4. The SMILES string of the molecule is Fc1cc(OC(F)(F)c2ccc(-c3ccc(C4OCC(C5CCCC5)CO4)cc3)cc2)cc(F)c1OC(F)(F)F. The van der Waals surface area contributed by atoms with Crippen molar-refractivity contribution >= 4 is 0 Å². The summed E-state index contributed by atoms with van der Waals surface area (Å²) < 4.78 is 114. The van der Waals surface area contributed by atoms with Crippen LogP contribution >= 0.6 is 0 Å². The van der Waals surface area contributed by atoms with Crippen molar-refractivity contribution in [1.82, 2.24) is 0 Å². The second-order valence-corrected chi connectivity index (χ2v) is 9.89. The van der Waals surface area contributed by atoms with Crippen LogP contribution in [0.1, 0.15) is 43.1 Å². The molecule has 11 heteroatoms. The number of ether oxygens (including phenoxy) is 4. The summed E-state index contributed by atoms with van der Waals surface area (Å²) in [6.45, 7) is 1.30. The number of hydrogen-bond acceptors (Lipinski definition) is 4. The highest BCUT2D eigenvalue weighted by Crippen LogP contribution is 2.38. The molecule has 1 heterocycles. The summed E-state index contributed by atoms with van der Waals surface area (Å²) in [7, 11) is 0. The van der Waals surface area contributed by atoms with E-state index in [4.69, 9.17) is 9.47 Å². The molecule has 0 amide bonds. The first-order valence-electron chi connectivity index (χ1n) is 12.7. The Morgan fingerprint density at radius 3 is 1.73 bits per heavy atom. The molecule has 3 aromatic rings. The van der Waals surface area contributed by atoms with Crippen LogP contribution in [0.3, 0.4) is 0 Å². The predicted molar refractivity (Wildman–Crippen MR) is 130 cm³/mol. The van der Waals surface area contributed by atoms with Crippen LogP contribution in [-0.2, 0) is 15.6 Å². The fraction of sp³-hybridized carbons (Fsp3) is 0.379. The summed E-state index contributed by atoms with van der Waals surface area (Å²) in [6, 6.07) is 12.7. The van der Waals surface area contributed by atoms with Gasteiger partial charge in [0.1, 0.15) is 5.75 Å². The molecule has 0 spiro atoms. The van der Waals surface area contributed by atoms with Crippen molar-refractivity contribution in [3.63, 3.8) is 0 Å². The van der Waals surface area contributed by atoms with Gasteiger partial charge in [0, 0.05) is 23.6 Å². The maximum atomic E-state index is 14.7. The van der Waals surface area contributed by atoms with Gasteiger partial charge in [0.25, 0.3) is 0 Å². The summed E-state index contributed by atoms with van der Waals surface area (Å²) in [6.07, 6.45) is -4.91. The molecule has 1 saturated carbocycles. The third-order valence-corrected chi connectivity index (χ3v) is 7.16. The second kappa shape index (κ2) is 11.3. The molecule has 40 heavy (non-hydrogen) atoms. The summed E-state index contributed by atoms with van der Waals surface area (Å²) >= 11 is 0. The van der Waals surface area contributed by atoms with Crippen molar-refractivity contribution in [2.75, 3.05) is 13.2 Å². The van der Waals surface area contributed by atoms with E-state index >= 15 is 0 Å². The predicted octanol–water partition coefficient (Wildman–Crippen LogP) is 8.51. The number of halogens is 7. The molecular weight excluding hydrogens is 545 g/mol. The molecule has 2 aliphatic rings. The van der Waals surface area contributed by atoms with Crippen molar-refractivity contribution < 1.29 is 49.7 Å². The molecule has 4 nitrogen and oxygen atoms in total. The lowest BCUT2D eigenvalue weighted by Gasteiger charge is -2.32. The van der Waals surface area contributed by atoms with Gasteiger partial charge in [-0.05, 0) is 29.2 Å². The summed E-state index contributed by atoms with van der Waals surface area (Å²) in [4.78, 5) is 0. The minimum atomic E-state index is -5.37. The highest BCUT2D eigenvalue weighted by Gasteiger charge is 2.37. The minimum absolute atomic E-state index is 0.183. The average molecular weight is 571 g/mol. The summed E-state index contributed by atoms with van der Waals surface area (Å²) in [5.74, 6) is -5.41. The normalized spacial score (nSPS) is 20.5. The van der Waals surface area contributed by atoms with Crippen LogP contribution < -0.4 is 9.47 Å². The van der Waals surface area contributed by atoms with Crippen molar-refractivity contribution in [2.45, 2.75) is 44.4 Å². The molecular formula is C29H25F7O4. The van der Waals surface area contributed by atoms with E-state index < -0.39 is 47.5 Å². The van der Waals surface area contributed by atoms with Crippen LogP contribution in [0.25, 0.3) is 11.1 Å². The number of alkyl halides is 5. The Labute approximate surface area is 225 Å². The molecule has 0 bridgehead atoms. The maximum absolute atomic E-state index is 14.7. The van der Waals surface area contributed by atoms with Crippen molar-refractivity contribution in [3.05, 3.63) is 83.4 Å². The Morgan fingerprint density at radius 1 is 0.675 bits per heavy atom. The Bertz CT molecular complexity index is 1270. The van der Waals surface area contributed by atoms with Gasteiger partial charge >= 0.3 is 12.5 Å². The van der Waals surface area contributed by atoms with E-state index in [2.05, 4.69) is 9.47 Å². The van der Waals surface area contributed by atoms with Crippen LogP contribution in [0.5, 0.6) is 11.5 Å². The summed E-state index contributed by atoms with van der Waals surface area (Å²) in [5, 5.41) is 0. The smallest absolute Gasteiger partial charge is 0.429 e. The zero-order valence-electron chi connectivity index (χ0n) is 21.0. The molecule has 1 aliphatic carbocycles. The van der Waals surface area contributed by atoms with E-state index in [1.807, 2.05) is 24.3 Å². The van der Waals surface area contributed by atoms with Crippen molar-refractivity contribution in [2.24, 2.45) is 11.8 Å². The molecule has 214 valence electrons. The van der Waals surface area contributed by atoms with Gasteiger partial charge < -0.3 is 18.9 Å². The van der Waals surface area contributed by atoms with E-state index in [1.54, 1.807) is 0 Å². The molecule has 5 rings (SSSR count). The molecule has 0 N–H and O–H groups in total. The van der Waals surface area contributed by atoms with Gasteiger partial charge in [-0.3, -0.25) is 0 Å². The Balaban J connectivity index is 1.22. The van der Waals surface area contributed by atoms with Gasteiger partial charge in [-0.2, -0.15) is 8.78 Å². The topological polar surface area (TPSA) is 36.9 Å². The minimum Gasteiger partial charge on any atom is -0.429 e. The fourth-order valence-corrected chi connectivity index (χ4v) is 5.12. The molecule has 1 saturated heterocycles. The zero-order valence-corrected chi connectivity index (χ0v) is 21.0. The Morgan fingerprint density at radius 2 is 1.20 bits per heavy atom. The zero-order chi connectivity index (χ0) is 28.5. The Hall–Kier alpha value is -3.31. The lowest BCUT2D eigenvalue weighted by atomic mass is 9.91. The van der Waals surface area contributed by atoms with E-state index in [-0.39, 0.29) is 12.1 Å². The molecule has 2 fully saturated rings. The molecule has 3 aromatic carbocycles. The first kappa shape index (κ1) is 28.2. The van der Waals surface area contributed by atoms with Crippen LogP contribution in [0.2, 0.25) is 0 Å².